The molecule has 0 aromatic carbocycles. The molecule has 2 aromatic heterocycles. The summed E-state index contributed by atoms with van der Waals surface area (Å²) >= 11 is 3.16. The highest BCUT2D eigenvalue weighted by molar-refractivity contribution is 9.10. The molecule has 2 heterocycles. The number of hydrogen-bond acceptors (Lipinski definition) is 4. The lowest BCUT2D eigenvalue weighted by Gasteiger charge is -2.04. The second kappa shape index (κ2) is 4.62. The number of carbonyl (C=O) groups excluding carboxylic acids is 1. The van der Waals surface area contributed by atoms with Crippen molar-refractivity contribution in [1.29, 1.82) is 0 Å². The van der Waals surface area contributed by atoms with E-state index in [0.29, 0.717) is 10.3 Å². The lowest BCUT2D eigenvalue weighted by molar-refractivity contribution is 0.102. The highest BCUT2D eigenvalue weighted by Crippen LogP contribution is 2.16. The molecule has 1 amide bonds. The molecule has 0 fully saturated rings. The van der Waals surface area contributed by atoms with E-state index in [9.17, 15) is 4.79 Å². The lowest BCUT2D eigenvalue weighted by atomic mass is 10.3. The standard InChI is InChI=1S/C10H10BrN5O/c1-5-9(6(2)16-15-5)14-10(17)7-3-13-8(11)4-12-7/h3-4H,1-2H3,(H,14,17)(H,15,16). The summed E-state index contributed by atoms with van der Waals surface area (Å²) in [5, 5.41) is 9.53. The molecule has 0 radical (unpaired) electrons. The number of aromatic amines is 1. The maximum atomic E-state index is 11.9. The highest BCUT2D eigenvalue weighted by atomic mass is 79.9. The van der Waals surface area contributed by atoms with E-state index < -0.39 is 0 Å². The molecular weight excluding hydrogens is 286 g/mol. The van der Waals surface area contributed by atoms with Crippen LogP contribution >= 0.6 is 15.9 Å². The Morgan fingerprint density at radius 1 is 1.35 bits per heavy atom. The maximum Gasteiger partial charge on any atom is 0.275 e. The first-order chi connectivity index (χ1) is 8.08. The molecule has 17 heavy (non-hydrogen) atoms. The Balaban J connectivity index is 2.20. The zero-order chi connectivity index (χ0) is 12.4. The molecular formula is C10H10BrN5O. The number of aromatic nitrogens is 4. The van der Waals surface area contributed by atoms with Gasteiger partial charge in [-0.3, -0.25) is 9.89 Å². The van der Waals surface area contributed by atoms with E-state index in [1.54, 1.807) is 0 Å². The summed E-state index contributed by atoms with van der Waals surface area (Å²) in [6, 6.07) is 0. The fourth-order valence-corrected chi connectivity index (χ4v) is 1.55. The number of carbonyl (C=O) groups is 1. The van der Waals surface area contributed by atoms with Crippen molar-refractivity contribution in [2.75, 3.05) is 5.32 Å². The molecule has 0 aliphatic heterocycles. The van der Waals surface area contributed by atoms with Crippen LogP contribution < -0.4 is 5.32 Å². The first-order valence-electron chi connectivity index (χ1n) is 4.88. The van der Waals surface area contributed by atoms with Crippen molar-refractivity contribution < 1.29 is 4.79 Å². The molecule has 2 rings (SSSR count). The molecule has 2 aromatic rings. The van der Waals surface area contributed by atoms with E-state index in [-0.39, 0.29) is 11.6 Å². The Labute approximate surface area is 106 Å². The summed E-state index contributed by atoms with van der Waals surface area (Å²) in [6.07, 6.45) is 2.88. The van der Waals surface area contributed by atoms with Crippen LogP contribution in [0.15, 0.2) is 17.0 Å². The van der Waals surface area contributed by atoms with Crippen LogP contribution in [0, 0.1) is 13.8 Å². The molecule has 0 unspecified atom stereocenters. The van der Waals surface area contributed by atoms with Crippen LogP contribution in [0.4, 0.5) is 5.69 Å². The van der Waals surface area contributed by atoms with Gasteiger partial charge in [0.2, 0.25) is 0 Å². The summed E-state index contributed by atoms with van der Waals surface area (Å²) in [5.41, 5.74) is 2.48. The fraction of sp³-hybridized carbons (Fsp3) is 0.200. The number of halogens is 1. The molecule has 0 spiro atoms. The van der Waals surface area contributed by atoms with Crippen LogP contribution in [0.2, 0.25) is 0 Å². The first kappa shape index (κ1) is 11.7. The van der Waals surface area contributed by atoms with Gasteiger partial charge in [0.05, 0.1) is 29.5 Å². The minimum absolute atomic E-state index is 0.258. The van der Waals surface area contributed by atoms with E-state index in [1.165, 1.54) is 12.4 Å². The zero-order valence-corrected chi connectivity index (χ0v) is 10.9. The largest absolute Gasteiger partial charge is 0.317 e. The van der Waals surface area contributed by atoms with Crippen molar-refractivity contribution in [2.45, 2.75) is 13.8 Å². The number of aryl methyl sites for hydroxylation is 2. The Kier molecular flexibility index (Phi) is 3.19. The van der Waals surface area contributed by atoms with Crippen LogP contribution in [0.25, 0.3) is 0 Å². The van der Waals surface area contributed by atoms with Crippen LogP contribution in [0.1, 0.15) is 21.9 Å². The second-order valence-corrected chi connectivity index (χ2v) is 4.30. The number of nitrogens with zero attached hydrogens (tertiary/aromatic N) is 3. The normalized spacial score (nSPS) is 10.3. The average molecular weight is 296 g/mol. The summed E-state index contributed by atoms with van der Waals surface area (Å²) in [4.78, 5) is 19.8. The number of anilines is 1. The van der Waals surface area contributed by atoms with Crippen molar-refractivity contribution >= 4 is 27.5 Å². The van der Waals surface area contributed by atoms with Gasteiger partial charge in [-0.2, -0.15) is 5.10 Å². The van der Waals surface area contributed by atoms with Gasteiger partial charge in [0, 0.05) is 0 Å². The molecule has 0 aliphatic carbocycles. The SMILES string of the molecule is Cc1n[nH]c(C)c1NC(=O)c1cnc(Br)cn1. The zero-order valence-electron chi connectivity index (χ0n) is 9.28. The number of hydrogen-bond donors (Lipinski definition) is 2. The van der Waals surface area contributed by atoms with Gasteiger partial charge in [-0.15, -0.1) is 0 Å². The van der Waals surface area contributed by atoms with Gasteiger partial charge < -0.3 is 5.32 Å². The average Bonchev–Trinajstić information content (AvgIpc) is 2.61. The monoisotopic (exact) mass is 295 g/mol. The molecule has 2 N–H and O–H groups in total. The molecule has 7 heteroatoms. The van der Waals surface area contributed by atoms with E-state index in [0.717, 1.165) is 11.4 Å². The van der Waals surface area contributed by atoms with Crippen LogP contribution in [0.3, 0.4) is 0 Å². The summed E-state index contributed by atoms with van der Waals surface area (Å²) in [6.45, 7) is 3.65. The minimum Gasteiger partial charge on any atom is -0.317 e. The van der Waals surface area contributed by atoms with Crippen molar-refractivity contribution in [3.05, 3.63) is 34.1 Å². The summed E-state index contributed by atoms with van der Waals surface area (Å²) < 4.78 is 0.588. The predicted octanol–water partition coefficient (Wildman–Crippen LogP) is 1.83. The van der Waals surface area contributed by atoms with Crippen molar-refractivity contribution in [2.24, 2.45) is 0 Å². The Morgan fingerprint density at radius 2 is 2.12 bits per heavy atom. The van der Waals surface area contributed by atoms with Crippen LogP contribution in [-0.2, 0) is 0 Å². The molecule has 0 aliphatic rings. The van der Waals surface area contributed by atoms with Gasteiger partial charge in [-0.05, 0) is 29.8 Å². The number of amides is 1. The molecule has 0 atom stereocenters. The quantitative estimate of drug-likeness (QED) is 0.885. The van der Waals surface area contributed by atoms with E-state index >= 15 is 0 Å². The molecule has 0 bridgehead atoms. The number of H-pyrrole nitrogens is 1. The maximum absolute atomic E-state index is 11.9. The third-order valence-electron chi connectivity index (χ3n) is 2.22. The van der Waals surface area contributed by atoms with Crippen molar-refractivity contribution in [1.82, 2.24) is 20.2 Å². The van der Waals surface area contributed by atoms with Gasteiger partial charge in [0.1, 0.15) is 10.3 Å². The third kappa shape index (κ3) is 2.50. The van der Waals surface area contributed by atoms with E-state index in [2.05, 4.69) is 41.4 Å². The van der Waals surface area contributed by atoms with Gasteiger partial charge >= 0.3 is 0 Å². The van der Waals surface area contributed by atoms with E-state index in [1.807, 2.05) is 13.8 Å². The Bertz CT molecular complexity index is 529. The van der Waals surface area contributed by atoms with Crippen LogP contribution in [0.5, 0.6) is 0 Å². The van der Waals surface area contributed by atoms with Crippen molar-refractivity contribution in [3.63, 3.8) is 0 Å². The lowest BCUT2D eigenvalue weighted by Crippen LogP contribution is -2.14. The minimum atomic E-state index is -0.308. The molecule has 0 saturated heterocycles. The van der Waals surface area contributed by atoms with E-state index in [4.69, 9.17) is 0 Å². The van der Waals surface area contributed by atoms with Crippen LogP contribution in [-0.4, -0.2) is 26.1 Å². The Morgan fingerprint density at radius 3 is 2.65 bits per heavy atom. The smallest absolute Gasteiger partial charge is 0.275 e. The second-order valence-electron chi connectivity index (χ2n) is 3.49. The van der Waals surface area contributed by atoms with Gasteiger partial charge in [0.25, 0.3) is 5.91 Å². The third-order valence-corrected chi connectivity index (χ3v) is 2.63. The summed E-state index contributed by atoms with van der Waals surface area (Å²) in [5.74, 6) is -0.308. The van der Waals surface area contributed by atoms with Gasteiger partial charge in [0.15, 0.2) is 0 Å². The number of rotatable bonds is 2. The predicted molar refractivity (Wildman–Crippen MR) is 65.7 cm³/mol. The topological polar surface area (TPSA) is 83.6 Å². The van der Waals surface area contributed by atoms with Gasteiger partial charge in [-0.1, -0.05) is 0 Å². The molecule has 88 valence electrons. The number of nitrogens with one attached hydrogen (secondary N) is 2. The fourth-order valence-electron chi connectivity index (χ4n) is 1.34. The first-order valence-corrected chi connectivity index (χ1v) is 5.67. The molecule has 6 nitrogen and oxygen atoms in total. The summed E-state index contributed by atoms with van der Waals surface area (Å²) in [7, 11) is 0. The Hall–Kier alpha value is -1.76. The highest BCUT2D eigenvalue weighted by Gasteiger charge is 2.13. The van der Waals surface area contributed by atoms with Gasteiger partial charge in [-0.25, -0.2) is 9.97 Å². The van der Waals surface area contributed by atoms with Crippen molar-refractivity contribution in [3.8, 4) is 0 Å². The molecule has 0 saturated carbocycles.